The molecule has 0 saturated heterocycles. The lowest BCUT2D eigenvalue weighted by atomic mass is 10.1. The number of rotatable bonds is 0. The van der Waals surface area contributed by atoms with Crippen LogP contribution in [0.2, 0.25) is 0 Å². The Morgan fingerprint density at radius 1 is 0.270 bits per heavy atom. The molecule has 4 aromatic carbocycles. The van der Waals surface area contributed by atoms with Crippen molar-refractivity contribution in [2.45, 2.75) is 0 Å². The highest BCUT2D eigenvalue weighted by atomic mass is 14.9. The van der Waals surface area contributed by atoms with Gasteiger partial charge in [-0.1, -0.05) is 18.2 Å². The van der Waals surface area contributed by atoms with Crippen LogP contribution in [0.3, 0.4) is 0 Å². The van der Waals surface area contributed by atoms with Gasteiger partial charge in [-0.25, -0.2) is 39.9 Å². The van der Waals surface area contributed by atoms with Gasteiger partial charge in [-0.15, -0.1) is 0 Å². The third kappa shape index (κ3) is 4.26. The molecule has 0 fully saturated rings. The zero-order valence-corrected chi connectivity index (χ0v) is 32.8. The molecular formula is C52H25N11. The first kappa shape index (κ1) is 31.9. The second kappa shape index (κ2) is 11.0. The van der Waals surface area contributed by atoms with Crippen molar-refractivity contribution in [2.75, 3.05) is 0 Å². The molecule has 3 aliphatic rings. The topological polar surface area (TPSA) is 150 Å². The van der Waals surface area contributed by atoms with Crippen molar-refractivity contribution in [3.8, 4) is 0 Å². The number of aromatic nitrogens is 11. The van der Waals surface area contributed by atoms with E-state index in [1.807, 2.05) is 24.3 Å². The van der Waals surface area contributed by atoms with Crippen LogP contribution in [-0.4, -0.2) is 54.8 Å². The summed E-state index contributed by atoms with van der Waals surface area (Å²) < 4.78 is 0. The first-order valence-corrected chi connectivity index (χ1v) is 20.8. The summed E-state index contributed by atoms with van der Waals surface area (Å²) in [7, 11) is 0. The molecule has 9 aromatic heterocycles. The molecule has 11 heteroatoms. The molecule has 0 saturated carbocycles. The van der Waals surface area contributed by atoms with Gasteiger partial charge in [0.15, 0.2) is 0 Å². The minimum atomic E-state index is 0.580. The molecular weight excluding hydrogens is 779 g/mol. The first-order chi connectivity index (χ1) is 31.1. The standard InChI is InChI=1S/C52H25N11/c1-2-24-19-23(1)20-25-3-14-36(53-25)32-10-11-33-38-16-6-28(56-38)22-29-7-18-40(57-29)35-13-12-34-39-17-5-27(55-39)21-26-4-15-37(54-26)31-9-8-30(24)41-42(31)59-48-47(58-41)49-51(62-44(33)43(32)60-49)52-50(48)61-45(34)46(35)63-52/h1-22,53-54,57H. The van der Waals surface area contributed by atoms with Crippen LogP contribution < -0.4 is 0 Å². The molecule has 63 heavy (non-hydrogen) atoms. The van der Waals surface area contributed by atoms with Gasteiger partial charge in [0.2, 0.25) is 0 Å². The van der Waals surface area contributed by atoms with Crippen molar-refractivity contribution >= 4 is 168 Å². The highest BCUT2D eigenvalue weighted by Gasteiger charge is 2.24. The Kier molecular flexibility index (Phi) is 5.59. The zero-order chi connectivity index (χ0) is 40.7. The molecule has 0 spiro atoms. The number of benzene rings is 4. The second-order valence-corrected chi connectivity index (χ2v) is 16.7. The molecule has 2 aliphatic heterocycles. The summed E-state index contributed by atoms with van der Waals surface area (Å²) in [6, 6.07) is 33.8. The third-order valence-corrected chi connectivity index (χ3v) is 13.0. The van der Waals surface area contributed by atoms with Crippen LogP contribution in [0.5, 0.6) is 0 Å². The van der Waals surface area contributed by atoms with Gasteiger partial charge >= 0.3 is 0 Å². The molecule has 13 aromatic rings. The van der Waals surface area contributed by atoms with Gasteiger partial charge in [0.05, 0.1) is 55.9 Å². The molecule has 0 atom stereocenters. The van der Waals surface area contributed by atoms with Gasteiger partial charge in [0.1, 0.15) is 33.1 Å². The molecule has 0 radical (unpaired) electrons. The van der Waals surface area contributed by atoms with E-state index in [1.165, 1.54) is 0 Å². The van der Waals surface area contributed by atoms with E-state index in [0.717, 1.165) is 110 Å². The maximum atomic E-state index is 5.66. The average Bonchev–Trinajstić information content (AvgIpc) is 4.17. The Bertz CT molecular complexity index is 4130. The van der Waals surface area contributed by atoms with Gasteiger partial charge in [0, 0.05) is 65.4 Å². The largest absolute Gasteiger partial charge is 0.355 e. The Morgan fingerprint density at radius 2 is 0.651 bits per heavy atom. The summed E-state index contributed by atoms with van der Waals surface area (Å²) in [6.45, 7) is 0. The van der Waals surface area contributed by atoms with E-state index >= 15 is 0 Å². The summed E-state index contributed by atoms with van der Waals surface area (Å²) in [4.78, 5) is 55.1. The van der Waals surface area contributed by atoms with Crippen LogP contribution in [-0.2, 0) is 0 Å². The molecule has 11 nitrogen and oxygen atoms in total. The fourth-order valence-corrected chi connectivity index (χ4v) is 10.1. The van der Waals surface area contributed by atoms with Crippen molar-refractivity contribution in [3.05, 3.63) is 131 Å². The lowest BCUT2D eigenvalue weighted by Gasteiger charge is -2.13. The minimum absolute atomic E-state index is 0.580. The van der Waals surface area contributed by atoms with E-state index in [4.69, 9.17) is 39.9 Å². The van der Waals surface area contributed by atoms with Gasteiger partial charge in [-0.05, 0) is 126 Å². The highest BCUT2D eigenvalue weighted by Crippen LogP contribution is 2.40. The molecule has 0 amide bonds. The Morgan fingerprint density at radius 3 is 1.11 bits per heavy atom. The van der Waals surface area contributed by atoms with Crippen LogP contribution in [0.4, 0.5) is 0 Å². The zero-order valence-electron chi connectivity index (χ0n) is 32.8. The van der Waals surface area contributed by atoms with Crippen LogP contribution in [0, 0.1) is 0 Å². The lowest BCUT2D eigenvalue weighted by Crippen LogP contribution is -2.00. The van der Waals surface area contributed by atoms with Gasteiger partial charge in [0.25, 0.3) is 0 Å². The molecule has 16 rings (SSSR count). The van der Waals surface area contributed by atoms with E-state index in [-0.39, 0.29) is 0 Å². The van der Waals surface area contributed by atoms with Crippen molar-refractivity contribution in [2.24, 2.45) is 0 Å². The quantitative estimate of drug-likeness (QED) is 0.101. The van der Waals surface area contributed by atoms with Gasteiger partial charge < -0.3 is 15.0 Å². The normalized spacial score (nSPS) is 13.5. The van der Waals surface area contributed by atoms with Crippen molar-refractivity contribution in [3.63, 3.8) is 0 Å². The summed E-state index contributed by atoms with van der Waals surface area (Å²) >= 11 is 0. The average molecular weight is 804 g/mol. The molecule has 3 N–H and O–H groups in total. The lowest BCUT2D eigenvalue weighted by molar-refractivity contribution is 1.33. The minimum Gasteiger partial charge on any atom is -0.355 e. The van der Waals surface area contributed by atoms with Gasteiger partial charge in [-0.3, -0.25) is 0 Å². The van der Waals surface area contributed by atoms with Crippen molar-refractivity contribution < 1.29 is 0 Å². The van der Waals surface area contributed by atoms with E-state index in [1.54, 1.807) is 0 Å². The summed E-state index contributed by atoms with van der Waals surface area (Å²) in [5, 5.41) is 5.39. The molecule has 0 unspecified atom stereocenters. The maximum absolute atomic E-state index is 5.66. The maximum Gasteiger partial charge on any atom is 0.120 e. The number of nitrogens with one attached hydrogen (secondary N) is 3. The van der Waals surface area contributed by atoms with E-state index < -0.39 is 0 Å². The number of hydrogen-bond donors (Lipinski definition) is 3. The number of H-pyrrole nitrogens is 3. The summed E-state index contributed by atoms with van der Waals surface area (Å²) in [5.41, 5.74) is 18.7. The van der Waals surface area contributed by atoms with Crippen LogP contribution >= 0.6 is 0 Å². The fourth-order valence-electron chi connectivity index (χ4n) is 10.1. The molecule has 288 valence electrons. The molecule has 24 bridgehead atoms. The van der Waals surface area contributed by atoms with Gasteiger partial charge in [-0.2, -0.15) is 0 Å². The predicted molar refractivity (Wildman–Crippen MR) is 255 cm³/mol. The molecule has 11 heterocycles. The molecule has 1 aliphatic carbocycles. The smallest absolute Gasteiger partial charge is 0.120 e. The SMILES string of the molecule is C1=Cc2cc1cc1ccc([nH]1)c1ccc3c4nc(cc5ccc([nH]5)c5ccc6c7nc(cc8ccc([nH]8)c8ccc2c2nc9c(nc82)c2nc6c5nc2c2nc3c1nc92)C=C7)C=C4. The predicted octanol–water partition coefficient (Wildman–Crippen LogP) is 11.8. The number of aromatic amines is 3. The van der Waals surface area contributed by atoms with Crippen molar-refractivity contribution in [1.82, 2.24) is 54.8 Å². The second-order valence-electron chi connectivity index (χ2n) is 16.7. The third-order valence-electron chi connectivity index (χ3n) is 13.0. The van der Waals surface area contributed by atoms with Crippen LogP contribution in [0.25, 0.3) is 168 Å². The van der Waals surface area contributed by atoms with Crippen LogP contribution in [0.1, 0.15) is 33.9 Å². The number of nitrogens with zero attached hydrogens (tertiary/aromatic N) is 8. The highest BCUT2D eigenvalue weighted by molar-refractivity contribution is 6.26. The monoisotopic (exact) mass is 803 g/mol. The number of hydrogen-bond acceptors (Lipinski definition) is 8. The fraction of sp³-hybridized carbons (Fsp3) is 0. The summed E-state index contributed by atoms with van der Waals surface area (Å²) in [5.74, 6) is 0. The van der Waals surface area contributed by atoms with Crippen molar-refractivity contribution in [1.29, 1.82) is 0 Å². The Hall–Kier alpha value is -8.96. The first-order valence-electron chi connectivity index (χ1n) is 20.8. The van der Waals surface area contributed by atoms with E-state index in [9.17, 15) is 0 Å². The Labute approximate surface area is 352 Å². The van der Waals surface area contributed by atoms with E-state index in [0.29, 0.717) is 55.2 Å². The number of fused-ring (bicyclic) bond motifs is 18. The summed E-state index contributed by atoms with van der Waals surface area (Å²) in [6.07, 6.45) is 12.5. The van der Waals surface area contributed by atoms with Crippen LogP contribution in [0.15, 0.2) is 97.1 Å². The Balaban J connectivity index is 1.27. The van der Waals surface area contributed by atoms with E-state index in [2.05, 4.69) is 124 Å².